The molecule has 1 saturated heterocycles. The second-order valence-electron chi connectivity index (χ2n) is 6.75. The first-order chi connectivity index (χ1) is 10.7. The molecule has 0 N–H and O–H groups in total. The second-order valence-corrected chi connectivity index (χ2v) is 9.00. The minimum Gasteiger partial charge on any atom is -0.444 e. The number of rotatable bonds is 3. The van der Waals surface area contributed by atoms with Crippen LogP contribution in [0.2, 0.25) is 0 Å². The van der Waals surface area contributed by atoms with Gasteiger partial charge in [-0.3, -0.25) is 4.21 Å². The number of aromatic nitrogens is 1. The monoisotopic (exact) mass is 402 g/mol. The van der Waals surface area contributed by atoms with Gasteiger partial charge in [0.05, 0.1) is 10.8 Å². The Bertz CT molecular complexity index is 589. The zero-order valence-electron chi connectivity index (χ0n) is 13.8. The first-order valence-electron chi connectivity index (χ1n) is 7.73. The molecule has 0 radical (unpaired) electrons. The predicted molar refractivity (Wildman–Crippen MR) is 93.7 cm³/mol. The third-order valence-corrected chi connectivity index (χ3v) is 5.39. The van der Waals surface area contributed by atoms with Crippen LogP contribution >= 0.6 is 15.9 Å². The molecular weight excluding hydrogens is 380 g/mol. The summed E-state index contributed by atoms with van der Waals surface area (Å²) in [4.78, 5) is 18.1. The quantitative estimate of drug-likeness (QED) is 0.724. The molecule has 0 bridgehead atoms. The molecule has 2 atom stereocenters. The number of hydrogen-bond acceptors (Lipinski definition) is 4. The first kappa shape index (κ1) is 18.4. The summed E-state index contributed by atoms with van der Waals surface area (Å²) in [5, 5.41) is 0.578. The average molecular weight is 403 g/mol. The van der Waals surface area contributed by atoms with Crippen molar-refractivity contribution < 1.29 is 13.7 Å². The van der Waals surface area contributed by atoms with Crippen molar-refractivity contribution in [2.75, 3.05) is 18.8 Å². The molecule has 1 aliphatic heterocycles. The van der Waals surface area contributed by atoms with E-state index in [1.54, 1.807) is 11.0 Å². The van der Waals surface area contributed by atoms with Crippen molar-refractivity contribution >= 4 is 32.8 Å². The third kappa shape index (κ3) is 5.88. The zero-order chi connectivity index (χ0) is 17.0. The average Bonchev–Trinajstić information content (AvgIpc) is 2.45. The lowest BCUT2D eigenvalue weighted by molar-refractivity contribution is 0.0176. The summed E-state index contributed by atoms with van der Waals surface area (Å²) in [5.74, 6) is 0.723. The Hall–Kier alpha value is -0.950. The summed E-state index contributed by atoms with van der Waals surface area (Å²) in [5.41, 5.74) is -0.493. The molecule has 23 heavy (non-hydrogen) atoms. The topological polar surface area (TPSA) is 59.5 Å². The van der Waals surface area contributed by atoms with Gasteiger partial charge in [-0.1, -0.05) is 6.07 Å². The van der Waals surface area contributed by atoms with Gasteiger partial charge >= 0.3 is 6.09 Å². The van der Waals surface area contributed by atoms with E-state index in [1.165, 1.54) is 0 Å². The highest BCUT2D eigenvalue weighted by molar-refractivity contribution is 9.10. The van der Waals surface area contributed by atoms with Gasteiger partial charge in [-0.15, -0.1) is 0 Å². The Balaban J connectivity index is 1.93. The number of likely N-dealkylation sites (tertiary alicyclic amines) is 1. The van der Waals surface area contributed by atoms with Crippen molar-refractivity contribution in [3.63, 3.8) is 0 Å². The van der Waals surface area contributed by atoms with Crippen LogP contribution in [0.5, 0.6) is 0 Å². The van der Waals surface area contributed by atoms with Crippen LogP contribution in [0.25, 0.3) is 0 Å². The molecule has 0 unspecified atom stereocenters. The van der Waals surface area contributed by atoms with Gasteiger partial charge in [0.1, 0.15) is 15.2 Å². The number of nitrogens with zero attached hydrogens (tertiary/aromatic N) is 2. The van der Waals surface area contributed by atoms with Gasteiger partial charge in [0.15, 0.2) is 0 Å². The number of piperidine rings is 1. The number of carbonyl (C=O) groups excluding carboxylic acids is 1. The lowest BCUT2D eigenvalue weighted by atomic mass is 10.0. The standard InChI is InChI=1S/C16H23BrN2O3S/c1-16(2,3)22-15(20)19-9-5-6-12(10-19)11-23(21)14-8-4-7-13(17)18-14/h4,7-8,12H,5-6,9-11H2,1-3H3/t12-,23+/m1/s1. The van der Waals surface area contributed by atoms with Gasteiger partial charge in [-0.05, 0) is 67.6 Å². The van der Waals surface area contributed by atoms with Crippen molar-refractivity contribution in [2.24, 2.45) is 5.92 Å². The van der Waals surface area contributed by atoms with E-state index in [2.05, 4.69) is 20.9 Å². The van der Waals surface area contributed by atoms with Crippen molar-refractivity contribution in [3.05, 3.63) is 22.8 Å². The second kappa shape index (κ2) is 7.75. The molecule has 5 nitrogen and oxygen atoms in total. The number of amides is 1. The smallest absolute Gasteiger partial charge is 0.410 e. The summed E-state index contributed by atoms with van der Waals surface area (Å²) in [6.07, 6.45) is 1.60. The normalized spacial score (nSPS) is 20.2. The van der Waals surface area contributed by atoms with E-state index in [4.69, 9.17) is 4.74 Å². The van der Waals surface area contributed by atoms with Crippen molar-refractivity contribution in [3.8, 4) is 0 Å². The van der Waals surface area contributed by atoms with E-state index in [0.29, 0.717) is 28.5 Å². The van der Waals surface area contributed by atoms with E-state index in [-0.39, 0.29) is 12.0 Å². The highest BCUT2D eigenvalue weighted by Gasteiger charge is 2.28. The summed E-state index contributed by atoms with van der Waals surface area (Å²) in [7, 11) is -1.16. The molecule has 0 aromatic carbocycles. The minimum absolute atomic E-state index is 0.206. The van der Waals surface area contributed by atoms with Crippen molar-refractivity contribution in [2.45, 2.75) is 44.2 Å². The van der Waals surface area contributed by atoms with Crippen LogP contribution in [0.4, 0.5) is 4.79 Å². The molecule has 0 spiro atoms. The van der Waals surface area contributed by atoms with Crippen LogP contribution in [-0.2, 0) is 15.5 Å². The minimum atomic E-state index is -1.16. The van der Waals surface area contributed by atoms with E-state index in [9.17, 15) is 9.00 Å². The molecular formula is C16H23BrN2O3S. The number of ether oxygens (including phenoxy) is 1. The molecule has 1 aromatic rings. The Kier molecular flexibility index (Phi) is 6.19. The summed E-state index contributed by atoms with van der Waals surface area (Å²) in [6.45, 7) is 6.88. The molecule has 2 heterocycles. The Morgan fingerprint density at radius 3 is 2.87 bits per heavy atom. The van der Waals surface area contributed by atoms with Gasteiger partial charge in [0.2, 0.25) is 0 Å². The summed E-state index contributed by atoms with van der Waals surface area (Å²) < 4.78 is 18.6. The highest BCUT2D eigenvalue weighted by atomic mass is 79.9. The predicted octanol–water partition coefficient (Wildman–Crippen LogP) is 3.60. The van der Waals surface area contributed by atoms with E-state index in [1.807, 2.05) is 32.9 Å². The molecule has 7 heteroatoms. The van der Waals surface area contributed by atoms with Crippen LogP contribution in [-0.4, -0.2) is 44.6 Å². The maximum atomic E-state index is 12.5. The van der Waals surface area contributed by atoms with Crippen molar-refractivity contribution in [1.82, 2.24) is 9.88 Å². The van der Waals surface area contributed by atoms with E-state index in [0.717, 1.165) is 12.8 Å². The van der Waals surface area contributed by atoms with Gasteiger partial charge in [0, 0.05) is 18.8 Å². The third-order valence-electron chi connectivity index (χ3n) is 3.48. The number of carbonyl (C=O) groups is 1. The number of pyridine rings is 1. The van der Waals surface area contributed by atoms with Crippen molar-refractivity contribution in [1.29, 1.82) is 0 Å². The van der Waals surface area contributed by atoms with Gasteiger partial charge < -0.3 is 9.64 Å². The fraction of sp³-hybridized carbons (Fsp3) is 0.625. The molecule has 1 amide bonds. The lowest BCUT2D eigenvalue weighted by Gasteiger charge is -2.33. The molecule has 128 valence electrons. The molecule has 1 fully saturated rings. The maximum absolute atomic E-state index is 12.5. The Labute approximate surface area is 148 Å². The molecule has 1 aromatic heterocycles. The van der Waals surface area contributed by atoms with Crippen LogP contribution in [0.1, 0.15) is 33.6 Å². The lowest BCUT2D eigenvalue weighted by Crippen LogP contribution is -2.44. The summed E-state index contributed by atoms with van der Waals surface area (Å²) >= 11 is 3.30. The molecule has 1 aliphatic rings. The molecule has 2 rings (SSSR count). The van der Waals surface area contributed by atoms with Crippen LogP contribution < -0.4 is 0 Å². The van der Waals surface area contributed by atoms with E-state index < -0.39 is 16.4 Å². The fourth-order valence-electron chi connectivity index (χ4n) is 2.51. The first-order valence-corrected chi connectivity index (χ1v) is 9.84. The van der Waals surface area contributed by atoms with Gasteiger partial charge in [-0.2, -0.15) is 0 Å². The largest absolute Gasteiger partial charge is 0.444 e. The van der Waals surface area contributed by atoms with Crippen LogP contribution in [0.15, 0.2) is 27.8 Å². The van der Waals surface area contributed by atoms with Gasteiger partial charge in [0.25, 0.3) is 0 Å². The zero-order valence-corrected chi connectivity index (χ0v) is 16.2. The Morgan fingerprint density at radius 2 is 2.22 bits per heavy atom. The molecule has 0 aliphatic carbocycles. The summed E-state index contributed by atoms with van der Waals surface area (Å²) in [6, 6.07) is 5.42. The van der Waals surface area contributed by atoms with Crippen LogP contribution in [0, 0.1) is 5.92 Å². The SMILES string of the molecule is CC(C)(C)OC(=O)N1CCC[C@@H](C[S@](=O)c2cccc(Br)n2)C1. The number of halogens is 1. The fourth-order valence-corrected chi connectivity index (χ4v) is 4.27. The van der Waals surface area contributed by atoms with E-state index >= 15 is 0 Å². The maximum Gasteiger partial charge on any atom is 0.410 e. The Morgan fingerprint density at radius 1 is 1.48 bits per heavy atom. The van der Waals surface area contributed by atoms with Gasteiger partial charge in [-0.25, -0.2) is 9.78 Å². The number of hydrogen-bond donors (Lipinski definition) is 0. The van der Waals surface area contributed by atoms with Crippen LogP contribution in [0.3, 0.4) is 0 Å². The highest BCUT2D eigenvalue weighted by Crippen LogP contribution is 2.22. The molecule has 0 saturated carbocycles.